The van der Waals surface area contributed by atoms with Gasteiger partial charge in [0.05, 0.1) is 12.0 Å². The molecule has 0 aromatic heterocycles. The van der Waals surface area contributed by atoms with Crippen molar-refractivity contribution in [2.24, 2.45) is 17.6 Å². The van der Waals surface area contributed by atoms with Gasteiger partial charge >= 0.3 is 6.03 Å². The van der Waals surface area contributed by atoms with Gasteiger partial charge in [-0.05, 0) is 42.9 Å². The Kier molecular flexibility index (Phi) is 4.15. The molecule has 0 bridgehead atoms. The lowest BCUT2D eigenvalue weighted by Gasteiger charge is -2.25. The average Bonchev–Trinajstić information content (AvgIpc) is 3.33. The lowest BCUT2D eigenvalue weighted by Crippen LogP contribution is -2.41. The molecule has 0 radical (unpaired) electrons. The van der Waals surface area contributed by atoms with Crippen LogP contribution in [0, 0.1) is 11.8 Å². The molecule has 1 saturated carbocycles. The van der Waals surface area contributed by atoms with Gasteiger partial charge in [0.25, 0.3) is 0 Å². The highest BCUT2D eigenvalue weighted by atomic mass is 16.6. The number of hydrogen-bond donors (Lipinski definition) is 2. The van der Waals surface area contributed by atoms with E-state index < -0.39 is 0 Å². The maximum Gasteiger partial charge on any atom is 0.317 e. The Labute approximate surface area is 146 Å². The van der Waals surface area contributed by atoms with Gasteiger partial charge in [0, 0.05) is 13.1 Å². The normalized spacial score (nSPS) is 23.2. The molecule has 3 N–H and O–H groups in total. The zero-order chi connectivity index (χ0) is 17.4. The number of fused-ring (bicyclic) bond motifs is 1. The fourth-order valence-electron chi connectivity index (χ4n) is 3.56. The molecule has 7 nitrogen and oxygen atoms in total. The van der Waals surface area contributed by atoms with Gasteiger partial charge in [-0.15, -0.1) is 0 Å². The number of ether oxygens (including phenoxy) is 2. The number of nitrogens with one attached hydrogen (secondary N) is 1. The van der Waals surface area contributed by atoms with Gasteiger partial charge in [-0.25, -0.2) is 4.79 Å². The first-order valence-electron chi connectivity index (χ1n) is 8.86. The molecule has 1 aromatic rings. The maximum atomic E-state index is 12.6. The van der Waals surface area contributed by atoms with Crippen LogP contribution in [0.5, 0.6) is 11.5 Å². The molecule has 1 aliphatic carbocycles. The molecule has 0 unspecified atom stereocenters. The van der Waals surface area contributed by atoms with Crippen molar-refractivity contribution < 1.29 is 19.1 Å². The van der Waals surface area contributed by atoms with Crippen LogP contribution in [0.3, 0.4) is 0 Å². The van der Waals surface area contributed by atoms with E-state index in [0.29, 0.717) is 38.6 Å². The van der Waals surface area contributed by atoms with Gasteiger partial charge in [-0.3, -0.25) is 4.79 Å². The highest BCUT2D eigenvalue weighted by Crippen LogP contribution is 2.43. The predicted molar refractivity (Wildman–Crippen MR) is 90.3 cm³/mol. The van der Waals surface area contributed by atoms with Crippen LogP contribution < -0.4 is 20.5 Å². The Morgan fingerprint density at radius 1 is 1.16 bits per heavy atom. The minimum Gasteiger partial charge on any atom is -0.486 e. The Bertz CT molecular complexity index is 689. The second kappa shape index (κ2) is 6.46. The van der Waals surface area contributed by atoms with E-state index in [9.17, 15) is 9.59 Å². The van der Waals surface area contributed by atoms with Crippen molar-refractivity contribution in [1.29, 1.82) is 0 Å². The second-order valence-corrected chi connectivity index (χ2v) is 7.00. The van der Waals surface area contributed by atoms with Crippen molar-refractivity contribution in [1.82, 2.24) is 10.2 Å². The van der Waals surface area contributed by atoms with E-state index in [1.165, 1.54) is 0 Å². The van der Waals surface area contributed by atoms with Crippen LogP contribution >= 0.6 is 0 Å². The summed E-state index contributed by atoms with van der Waals surface area (Å²) in [7, 11) is 0. The molecule has 2 atom stereocenters. The minimum absolute atomic E-state index is 0.0454. The second-order valence-electron chi connectivity index (χ2n) is 7.00. The number of hydrogen-bond acceptors (Lipinski definition) is 4. The van der Waals surface area contributed by atoms with Crippen molar-refractivity contribution in [2.75, 3.05) is 26.3 Å². The predicted octanol–water partition coefficient (Wildman–Crippen LogP) is 1.43. The number of carbonyl (C=O) groups is 2. The number of carbonyl (C=O) groups excluding carboxylic acids is 2. The number of rotatable bonds is 4. The fraction of sp³-hybridized carbons (Fsp3) is 0.556. The molecule has 1 saturated heterocycles. The first kappa shape index (κ1) is 16.1. The van der Waals surface area contributed by atoms with Gasteiger partial charge in [0.1, 0.15) is 13.2 Å². The summed E-state index contributed by atoms with van der Waals surface area (Å²) >= 11 is 0. The highest BCUT2D eigenvalue weighted by molar-refractivity contribution is 5.80. The molecule has 2 heterocycles. The van der Waals surface area contributed by atoms with E-state index in [-0.39, 0.29) is 23.9 Å². The molecule has 25 heavy (non-hydrogen) atoms. The maximum absolute atomic E-state index is 12.6. The number of urea groups is 1. The molecule has 4 rings (SSSR count). The van der Waals surface area contributed by atoms with Crippen LogP contribution in [-0.2, 0) is 4.79 Å². The van der Waals surface area contributed by atoms with Crippen molar-refractivity contribution >= 4 is 11.9 Å². The SMILES string of the molecule is NC(=O)[C@@H]1CCN(C(=O)N[C@@H](c2ccc3c(c2)OCCO3)C2CC2)C1. The largest absolute Gasteiger partial charge is 0.486 e. The summed E-state index contributed by atoms with van der Waals surface area (Å²) in [6, 6.07) is 5.69. The van der Waals surface area contributed by atoms with Crippen LogP contribution in [0.2, 0.25) is 0 Å². The van der Waals surface area contributed by atoms with Crippen molar-refractivity contribution in [2.45, 2.75) is 25.3 Å². The third-order valence-corrected chi connectivity index (χ3v) is 5.18. The summed E-state index contributed by atoms with van der Waals surface area (Å²) in [4.78, 5) is 25.6. The van der Waals surface area contributed by atoms with E-state index in [4.69, 9.17) is 15.2 Å². The Balaban J connectivity index is 1.47. The number of likely N-dealkylation sites (tertiary alicyclic amines) is 1. The third kappa shape index (κ3) is 3.36. The molecule has 2 aliphatic heterocycles. The highest BCUT2D eigenvalue weighted by Gasteiger charge is 2.36. The van der Waals surface area contributed by atoms with Gasteiger partial charge in [0.15, 0.2) is 11.5 Å². The third-order valence-electron chi connectivity index (χ3n) is 5.18. The summed E-state index contributed by atoms with van der Waals surface area (Å²) in [6.07, 6.45) is 2.84. The van der Waals surface area contributed by atoms with Crippen LogP contribution in [-0.4, -0.2) is 43.1 Å². The first-order valence-corrected chi connectivity index (χ1v) is 8.86. The monoisotopic (exact) mass is 345 g/mol. The zero-order valence-corrected chi connectivity index (χ0v) is 14.1. The van der Waals surface area contributed by atoms with Crippen LogP contribution in [0.15, 0.2) is 18.2 Å². The zero-order valence-electron chi connectivity index (χ0n) is 14.1. The molecular formula is C18H23N3O4. The standard InChI is InChI=1S/C18H23N3O4/c19-17(22)13-5-6-21(10-13)18(23)20-16(11-1-2-11)12-3-4-14-15(9-12)25-8-7-24-14/h3-4,9,11,13,16H,1-2,5-8,10H2,(H2,19,22)(H,20,23)/t13-,16-/m1/s1. The van der Waals surface area contributed by atoms with Crippen LogP contribution in [0.1, 0.15) is 30.9 Å². The molecule has 3 amide bonds. The molecular weight excluding hydrogens is 322 g/mol. The van der Waals surface area contributed by atoms with Crippen molar-refractivity contribution in [3.05, 3.63) is 23.8 Å². The average molecular weight is 345 g/mol. The lowest BCUT2D eigenvalue weighted by atomic mass is 10.0. The van der Waals surface area contributed by atoms with E-state index in [1.807, 2.05) is 18.2 Å². The van der Waals surface area contributed by atoms with Gasteiger partial charge in [-0.1, -0.05) is 6.07 Å². The van der Waals surface area contributed by atoms with E-state index in [2.05, 4.69) is 5.32 Å². The fourth-order valence-corrected chi connectivity index (χ4v) is 3.56. The van der Waals surface area contributed by atoms with Gasteiger partial charge in [0.2, 0.25) is 5.91 Å². The number of primary amides is 1. The summed E-state index contributed by atoms with van der Waals surface area (Å²) in [5.74, 6) is 1.36. The Hall–Kier alpha value is -2.44. The molecule has 134 valence electrons. The Morgan fingerprint density at radius 2 is 1.92 bits per heavy atom. The van der Waals surface area contributed by atoms with Gasteiger partial charge in [-0.2, -0.15) is 0 Å². The smallest absolute Gasteiger partial charge is 0.317 e. The minimum atomic E-state index is -0.333. The van der Waals surface area contributed by atoms with Gasteiger partial charge < -0.3 is 25.4 Å². The van der Waals surface area contributed by atoms with Crippen molar-refractivity contribution in [3.8, 4) is 11.5 Å². The first-order chi connectivity index (χ1) is 12.1. The van der Waals surface area contributed by atoms with E-state index >= 15 is 0 Å². The van der Waals surface area contributed by atoms with E-state index in [0.717, 1.165) is 29.9 Å². The summed E-state index contributed by atoms with van der Waals surface area (Å²) in [6.45, 7) is 2.07. The summed E-state index contributed by atoms with van der Waals surface area (Å²) in [5, 5.41) is 3.14. The van der Waals surface area contributed by atoms with E-state index in [1.54, 1.807) is 4.90 Å². The van der Waals surface area contributed by atoms with Crippen LogP contribution in [0.25, 0.3) is 0 Å². The summed E-state index contributed by atoms with van der Waals surface area (Å²) < 4.78 is 11.2. The Morgan fingerprint density at radius 3 is 2.60 bits per heavy atom. The number of amides is 3. The molecule has 2 fully saturated rings. The molecule has 7 heteroatoms. The van der Waals surface area contributed by atoms with Crippen molar-refractivity contribution in [3.63, 3.8) is 0 Å². The quantitative estimate of drug-likeness (QED) is 0.863. The topological polar surface area (TPSA) is 93.9 Å². The molecule has 1 aromatic carbocycles. The number of nitrogens with two attached hydrogens (primary N) is 1. The lowest BCUT2D eigenvalue weighted by molar-refractivity contribution is -0.121. The molecule has 3 aliphatic rings. The van der Waals surface area contributed by atoms with Crippen LogP contribution in [0.4, 0.5) is 4.79 Å². The number of benzene rings is 1. The summed E-state index contributed by atoms with van der Waals surface area (Å²) in [5.41, 5.74) is 6.39. The number of nitrogens with zero attached hydrogens (tertiary/aromatic N) is 1. The molecule has 0 spiro atoms.